The summed E-state index contributed by atoms with van der Waals surface area (Å²) < 4.78 is 0. The summed E-state index contributed by atoms with van der Waals surface area (Å²) in [5.74, 6) is -0.413. The molecule has 1 aromatic carbocycles. The van der Waals surface area contributed by atoms with Gasteiger partial charge in [-0.25, -0.2) is 0 Å². The molecule has 1 aromatic rings. The first-order valence-electron chi connectivity index (χ1n) is 7.39. The van der Waals surface area contributed by atoms with Crippen LogP contribution >= 0.6 is 0 Å². The van der Waals surface area contributed by atoms with Crippen LogP contribution in [0.1, 0.15) is 39.1 Å². The Kier molecular flexibility index (Phi) is 3.60. The Balaban J connectivity index is 1.78. The van der Waals surface area contributed by atoms with Crippen LogP contribution in [-0.4, -0.2) is 58.7 Å². The van der Waals surface area contributed by atoms with Gasteiger partial charge < -0.3 is 14.9 Å². The fraction of sp³-hybridized carbons (Fsp3) is 0.438. The van der Waals surface area contributed by atoms with Crippen molar-refractivity contribution in [1.82, 2.24) is 9.80 Å². The predicted molar refractivity (Wildman–Crippen MR) is 78.9 cm³/mol. The third kappa shape index (κ3) is 2.56. The van der Waals surface area contributed by atoms with Crippen molar-refractivity contribution < 1.29 is 19.5 Å². The molecule has 1 saturated heterocycles. The van der Waals surface area contributed by atoms with Crippen LogP contribution in [0.3, 0.4) is 0 Å². The van der Waals surface area contributed by atoms with Gasteiger partial charge in [0.1, 0.15) is 12.3 Å². The second-order valence-corrected chi connectivity index (χ2v) is 5.89. The summed E-state index contributed by atoms with van der Waals surface area (Å²) in [6, 6.07) is 3.28. The lowest BCUT2D eigenvalue weighted by Gasteiger charge is -2.34. The van der Waals surface area contributed by atoms with Gasteiger partial charge in [0.05, 0.1) is 5.56 Å². The van der Waals surface area contributed by atoms with E-state index in [1.807, 2.05) is 4.90 Å². The van der Waals surface area contributed by atoms with E-state index in [2.05, 4.69) is 0 Å². The highest BCUT2D eigenvalue weighted by atomic mass is 16.3. The normalized spacial score (nSPS) is 18.5. The molecule has 0 radical (unpaired) electrons. The molecule has 6 nitrogen and oxygen atoms in total. The van der Waals surface area contributed by atoms with Crippen molar-refractivity contribution in [3.05, 3.63) is 28.8 Å². The Morgan fingerprint density at radius 3 is 2.64 bits per heavy atom. The van der Waals surface area contributed by atoms with Crippen LogP contribution in [-0.2, 0) is 4.79 Å². The minimum absolute atomic E-state index is 0.0202. The molecule has 0 atom stereocenters. The van der Waals surface area contributed by atoms with Crippen LogP contribution in [0.15, 0.2) is 12.1 Å². The summed E-state index contributed by atoms with van der Waals surface area (Å²) in [6.45, 7) is 2.77. The molecule has 1 N–H and O–H groups in total. The number of hydrogen-bond acceptors (Lipinski definition) is 4. The second kappa shape index (κ2) is 5.44. The lowest BCUT2D eigenvalue weighted by molar-refractivity contribution is -0.135. The van der Waals surface area contributed by atoms with E-state index in [4.69, 9.17) is 0 Å². The van der Waals surface area contributed by atoms with Crippen LogP contribution in [0.25, 0.3) is 0 Å². The molecule has 0 unspecified atom stereocenters. The van der Waals surface area contributed by atoms with Gasteiger partial charge >= 0.3 is 0 Å². The molecule has 0 aromatic heterocycles. The number of hydrogen-bond donors (Lipinski definition) is 1. The van der Waals surface area contributed by atoms with Crippen LogP contribution in [0.2, 0.25) is 0 Å². The smallest absolute Gasteiger partial charge is 0.254 e. The molecule has 6 heteroatoms. The van der Waals surface area contributed by atoms with Crippen molar-refractivity contribution in [3.63, 3.8) is 0 Å². The van der Waals surface area contributed by atoms with E-state index < -0.39 is 0 Å². The zero-order chi connectivity index (χ0) is 15.9. The van der Waals surface area contributed by atoms with Gasteiger partial charge in [0.25, 0.3) is 5.91 Å². The molecule has 1 aliphatic heterocycles. The SMILES string of the molecule is Cc1cc(C(=O)N2CCN(C3CC3)C(=O)C2)cc(C=O)c1O. The van der Waals surface area contributed by atoms with Crippen molar-refractivity contribution in [1.29, 1.82) is 0 Å². The van der Waals surface area contributed by atoms with Crippen LogP contribution in [0.5, 0.6) is 5.75 Å². The molecular weight excluding hydrogens is 284 g/mol. The Morgan fingerprint density at radius 1 is 1.32 bits per heavy atom. The van der Waals surface area contributed by atoms with Crippen LogP contribution in [0.4, 0.5) is 0 Å². The number of aldehydes is 1. The monoisotopic (exact) mass is 302 g/mol. The average molecular weight is 302 g/mol. The maximum atomic E-state index is 12.5. The number of aryl methyl sites for hydroxylation is 1. The van der Waals surface area contributed by atoms with Gasteiger partial charge in [-0.1, -0.05) is 0 Å². The van der Waals surface area contributed by atoms with Crippen molar-refractivity contribution in [3.8, 4) is 5.75 Å². The highest BCUT2D eigenvalue weighted by molar-refractivity contribution is 5.99. The first-order chi connectivity index (χ1) is 10.5. The Hall–Kier alpha value is -2.37. The van der Waals surface area contributed by atoms with Crippen molar-refractivity contribution >= 4 is 18.1 Å². The maximum Gasteiger partial charge on any atom is 0.254 e. The summed E-state index contributed by atoms with van der Waals surface area (Å²) in [5, 5.41) is 9.74. The van der Waals surface area contributed by atoms with E-state index in [0.717, 1.165) is 12.8 Å². The average Bonchev–Trinajstić information content (AvgIpc) is 3.33. The molecule has 0 spiro atoms. The minimum Gasteiger partial charge on any atom is -0.507 e. The number of carbonyl (C=O) groups is 3. The number of aromatic hydroxyl groups is 1. The number of phenols is 1. The zero-order valence-electron chi connectivity index (χ0n) is 12.4. The summed E-state index contributed by atoms with van der Waals surface area (Å²) in [6.07, 6.45) is 2.63. The Morgan fingerprint density at radius 2 is 2.05 bits per heavy atom. The first kappa shape index (κ1) is 14.6. The van der Waals surface area contributed by atoms with Gasteiger partial charge in [-0.15, -0.1) is 0 Å². The third-order valence-corrected chi connectivity index (χ3v) is 4.24. The maximum absolute atomic E-state index is 12.5. The third-order valence-electron chi connectivity index (χ3n) is 4.24. The van der Waals surface area contributed by atoms with Gasteiger partial charge in [0.2, 0.25) is 5.91 Å². The fourth-order valence-electron chi connectivity index (χ4n) is 2.83. The molecule has 1 heterocycles. The van der Waals surface area contributed by atoms with Gasteiger partial charge in [0, 0.05) is 24.7 Å². The van der Waals surface area contributed by atoms with Crippen LogP contribution < -0.4 is 0 Å². The standard InChI is InChI=1S/C16H18N2O4/c1-10-6-11(7-12(9-19)15(10)21)16(22)17-4-5-18(13-2-3-13)14(20)8-17/h6-7,9,13,21H,2-5,8H2,1H3. The number of carbonyl (C=O) groups excluding carboxylic acids is 3. The van der Waals surface area contributed by atoms with Crippen molar-refractivity contribution in [2.24, 2.45) is 0 Å². The summed E-state index contributed by atoms with van der Waals surface area (Å²) >= 11 is 0. The summed E-state index contributed by atoms with van der Waals surface area (Å²) in [5.41, 5.74) is 0.882. The molecule has 3 rings (SSSR count). The highest BCUT2D eigenvalue weighted by Crippen LogP contribution is 2.28. The summed E-state index contributed by atoms with van der Waals surface area (Å²) in [4.78, 5) is 38.9. The molecule has 116 valence electrons. The lowest BCUT2D eigenvalue weighted by Crippen LogP contribution is -2.52. The van der Waals surface area contributed by atoms with E-state index >= 15 is 0 Å². The lowest BCUT2D eigenvalue weighted by atomic mass is 10.0. The van der Waals surface area contributed by atoms with Gasteiger partial charge in [-0.05, 0) is 37.5 Å². The van der Waals surface area contributed by atoms with Gasteiger partial charge in [-0.2, -0.15) is 0 Å². The molecule has 2 amide bonds. The van der Waals surface area contributed by atoms with E-state index in [9.17, 15) is 19.5 Å². The largest absolute Gasteiger partial charge is 0.507 e. The number of rotatable bonds is 3. The van der Waals surface area contributed by atoms with Gasteiger partial charge in [-0.3, -0.25) is 14.4 Å². The number of piperazine rings is 1. The first-order valence-corrected chi connectivity index (χ1v) is 7.39. The molecule has 22 heavy (non-hydrogen) atoms. The molecule has 2 aliphatic rings. The highest BCUT2D eigenvalue weighted by Gasteiger charge is 2.37. The van der Waals surface area contributed by atoms with E-state index in [1.54, 1.807) is 13.0 Å². The number of phenolic OH excluding ortho intramolecular Hbond substituents is 1. The Bertz CT molecular complexity index is 652. The van der Waals surface area contributed by atoms with E-state index in [1.165, 1.54) is 11.0 Å². The molecule has 2 fully saturated rings. The topological polar surface area (TPSA) is 77.9 Å². The second-order valence-electron chi connectivity index (χ2n) is 5.89. The van der Waals surface area contributed by atoms with Crippen LogP contribution in [0, 0.1) is 6.92 Å². The van der Waals surface area contributed by atoms with E-state index in [-0.39, 0.29) is 29.7 Å². The zero-order valence-corrected chi connectivity index (χ0v) is 12.4. The molecule has 0 bridgehead atoms. The van der Waals surface area contributed by atoms with E-state index in [0.29, 0.717) is 36.5 Å². The number of nitrogens with zero attached hydrogens (tertiary/aromatic N) is 2. The number of benzene rings is 1. The number of amides is 2. The molecular formula is C16H18N2O4. The fourth-order valence-corrected chi connectivity index (χ4v) is 2.83. The van der Waals surface area contributed by atoms with Crippen molar-refractivity contribution in [2.45, 2.75) is 25.8 Å². The summed E-state index contributed by atoms with van der Waals surface area (Å²) in [7, 11) is 0. The quantitative estimate of drug-likeness (QED) is 0.844. The van der Waals surface area contributed by atoms with Gasteiger partial charge in [0.15, 0.2) is 6.29 Å². The Labute approximate surface area is 128 Å². The molecule has 1 aliphatic carbocycles. The minimum atomic E-state index is -0.282. The van der Waals surface area contributed by atoms with Crippen molar-refractivity contribution in [2.75, 3.05) is 19.6 Å². The predicted octanol–water partition coefficient (Wildman–Crippen LogP) is 0.960. The molecule has 1 saturated carbocycles.